The molecule has 55 valence electrons. The summed E-state index contributed by atoms with van der Waals surface area (Å²) in [5.74, 6) is 0.908. The molecular weight excluding hydrogens is 136 g/mol. The third-order valence-corrected chi connectivity index (χ3v) is 1.66. The van der Waals surface area contributed by atoms with Crippen LogP contribution in [0.2, 0.25) is 0 Å². The Bertz CT molecular complexity index is 264. The van der Waals surface area contributed by atoms with Gasteiger partial charge in [-0.2, -0.15) is 0 Å². The summed E-state index contributed by atoms with van der Waals surface area (Å²) >= 11 is 0. The van der Waals surface area contributed by atoms with E-state index in [2.05, 4.69) is 10.3 Å². The van der Waals surface area contributed by atoms with E-state index < -0.39 is 0 Å². The number of benzene rings is 1. The van der Waals surface area contributed by atoms with Gasteiger partial charge in [0.25, 0.3) is 0 Å². The molecule has 0 spiro atoms. The van der Waals surface area contributed by atoms with Crippen molar-refractivity contribution in [2.24, 2.45) is 4.99 Å². The van der Waals surface area contributed by atoms with Gasteiger partial charge < -0.3 is 0 Å². The van der Waals surface area contributed by atoms with E-state index in [1.54, 1.807) is 0 Å². The summed E-state index contributed by atoms with van der Waals surface area (Å²) in [5.41, 5.74) is 1.13. The van der Waals surface area contributed by atoms with E-state index in [1.165, 1.54) is 0 Å². The van der Waals surface area contributed by atoms with E-state index in [0.29, 0.717) is 0 Å². The molecule has 1 aromatic rings. The number of aliphatic imine (C=N–C) groups is 1. The third kappa shape index (κ3) is 1.24. The summed E-state index contributed by atoms with van der Waals surface area (Å²) in [4.78, 5) is 4.26. The zero-order chi connectivity index (χ0) is 7.52. The van der Waals surface area contributed by atoms with E-state index in [-0.39, 0.29) is 0 Å². The van der Waals surface area contributed by atoms with Crippen molar-refractivity contribution in [3.63, 3.8) is 0 Å². The molecule has 1 aliphatic rings. The lowest BCUT2D eigenvalue weighted by Crippen LogP contribution is -2.10. The number of amidine groups is 1. The molecule has 0 saturated heterocycles. The molecule has 1 radical (unpaired) electrons. The molecule has 0 N–H and O–H groups in total. The molecular formula is C9H9N2. The summed E-state index contributed by atoms with van der Waals surface area (Å²) in [6.45, 7) is 1.70. The van der Waals surface area contributed by atoms with Crippen molar-refractivity contribution in [3.05, 3.63) is 35.9 Å². The van der Waals surface area contributed by atoms with Crippen LogP contribution >= 0.6 is 0 Å². The molecule has 0 unspecified atom stereocenters. The van der Waals surface area contributed by atoms with Crippen LogP contribution in [0.15, 0.2) is 35.3 Å². The van der Waals surface area contributed by atoms with Crippen molar-refractivity contribution in [3.8, 4) is 0 Å². The Morgan fingerprint density at radius 1 is 1.00 bits per heavy atom. The molecule has 0 saturated carbocycles. The Balaban J connectivity index is 2.29. The van der Waals surface area contributed by atoms with Crippen molar-refractivity contribution >= 4 is 5.84 Å². The van der Waals surface area contributed by atoms with Crippen LogP contribution < -0.4 is 5.32 Å². The van der Waals surface area contributed by atoms with Crippen molar-refractivity contribution in [1.29, 1.82) is 0 Å². The minimum absolute atomic E-state index is 0.851. The zero-order valence-electron chi connectivity index (χ0n) is 6.20. The van der Waals surface area contributed by atoms with Gasteiger partial charge in [-0.1, -0.05) is 30.3 Å². The second-order valence-electron chi connectivity index (χ2n) is 2.45. The predicted octanol–water partition coefficient (Wildman–Crippen LogP) is 1.05. The summed E-state index contributed by atoms with van der Waals surface area (Å²) < 4.78 is 0. The molecule has 0 bridgehead atoms. The number of hydrogen-bond acceptors (Lipinski definition) is 1. The van der Waals surface area contributed by atoms with Crippen LogP contribution in [0.1, 0.15) is 5.56 Å². The molecule has 1 aromatic carbocycles. The van der Waals surface area contributed by atoms with Crippen LogP contribution in [0.3, 0.4) is 0 Å². The lowest BCUT2D eigenvalue weighted by molar-refractivity contribution is 0.947. The van der Waals surface area contributed by atoms with Crippen LogP contribution in [0.25, 0.3) is 0 Å². The first kappa shape index (κ1) is 6.40. The first-order valence-electron chi connectivity index (χ1n) is 3.74. The van der Waals surface area contributed by atoms with Gasteiger partial charge in [-0.05, 0) is 0 Å². The average molecular weight is 145 g/mol. The highest BCUT2D eigenvalue weighted by Gasteiger charge is 2.07. The second-order valence-corrected chi connectivity index (χ2v) is 2.45. The summed E-state index contributed by atoms with van der Waals surface area (Å²) in [6, 6.07) is 10.1. The van der Waals surface area contributed by atoms with E-state index in [0.717, 1.165) is 24.5 Å². The van der Waals surface area contributed by atoms with Gasteiger partial charge >= 0.3 is 0 Å². The summed E-state index contributed by atoms with van der Waals surface area (Å²) in [7, 11) is 0. The Morgan fingerprint density at radius 3 is 2.45 bits per heavy atom. The van der Waals surface area contributed by atoms with E-state index in [4.69, 9.17) is 0 Å². The minimum atomic E-state index is 0.851. The molecule has 11 heavy (non-hydrogen) atoms. The lowest BCUT2D eigenvalue weighted by Gasteiger charge is -1.97. The molecule has 2 heteroatoms. The molecule has 2 nitrogen and oxygen atoms in total. The fourth-order valence-corrected chi connectivity index (χ4v) is 1.13. The van der Waals surface area contributed by atoms with Gasteiger partial charge in [-0.3, -0.25) is 10.3 Å². The normalized spacial score (nSPS) is 15.8. The van der Waals surface area contributed by atoms with Crippen molar-refractivity contribution in [2.45, 2.75) is 0 Å². The lowest BCUT2D eigenvalue weighted by atomic mass is 10.2. The molecule has 0 fully saturated rings. The highest BCUT2D eigenvalue weighted by atomic mass is 15.1. The van der Waals surface area contributed by atoms with Crippen LogP contribution in [0.5, 0.6) is 0 Å². The summed E-state index contributed by atoms with van der Waals surface area (Å²) in [6.07, 6.45) is 0. The van der Waals surface area contributed by atoms with Gasteiger partial charge in [0, 0.05) is 5.56 Å². The zero-order valence-corrected chi connectivity index (χ0v) is 6.20. The van der Waals surface area contributed by atoms with E-state index in [9.17, 15) is 0 Å². The van der Waals surface area contributed by atoms with Gasteiger partial charge in [0.05, 0.1) is 13.1 Å². The van der Waals surface area contributed by atoms with Crippen LogP contribution in [-0.2, 0) is 0 Å². The third-order valence-electron chi connectivity index (χ3n) is 1.66. The number of rotatable bonds is 1. The maximum atomic E-state index is 4.26. The van der Waals surface area contributed by atoms with Gasteiger partial charge in [0.2, 0.25) is 0 Å². The molecule has 0 amide bonds. The first-order chi connectivity index (χ1) is 5.47. The van der Waals surface area contributed by atoms with Gasteiger partial charge in [0.1, 0.15) is 5.84 Å². The highest BCUT2D eigenvalue weighted by Crippen LogP contribution is 2.02. The fourth-order valence-electron chi connectivity index (χ4n) is 1.13. The number of hydrogen-bond donors (Lipinski definition) is 0. The molecule has 1 heterocycles. The minimum Gasteiger partial charge on any atom is -0.265 e. The van der Waals surface area contributed by atoms with Crippen molar-refractivity contribution in [2.75, 3.05) is 13.1 Å². The Morgan fingerprint density at radius 2 is 1.82 bits per heavy atom. The number of nitrogens with zero attached hydrogens (tertiary/aromatic N) is 2. The van der Waals surface area contributed by atoms with E-state index >= 15 is 0 Å². The van der Waals surface area contributed by atoms with Crippen molar-refractivity contribution < 1.29 is 0 Å². The van der Waals surface area contributed by atoms with Gasteiger partial charge in [-0.15, -0.1) is 0 Å². The van der Waals surface area contributed by atoms with Crippen LogP contribution in [-0.4, -0.2) is 18.9 Å². The van der Waals surface area contributed by atoms with Crippen LogP contribution in [0.4, 0.5) is 0 Å². The molecule has 0 aliphatic carbocycles. The monoisotopic (exact) mass is 145 g/mol. The Labute approximate surface area is 66.0 Å². The quantitative estimate of drug-likeness (QED) is 0.564. The smallest absolute Gasteiger partial charge is 0.150 e. The maximum Gasteiger partial charge on any atom is 0.150 e. The summed E-state index contributed by atoms with van der Waals surface area (Å²) in [5, 5.41) is 4.26. The standard InChI is InChI=1S/C9H9N2/c1-2-4-8(5-3-1)9-10-6-7-11-9/h1-5H,6-7H2. The SMILES string of the molecule is c1ccc(C2=NCC[N]2)cc1. The molecule has 0 atom stereocenters. The van der Waals surface area contributed by atoms with Crippen molar-refractivity contribution in [1.82, 2.24) is 5.32 Å². The maximum absolute atomic E-state index is 4.26. The first-order valence-corrected chi connectivity index (χ1v) is 3.74. The van der Waals surface area contributed by atoms with Crippen LogP contribution in [0, 0.1) is 0 Å². The topological polar surface area (TPSA) is 26.5 Å². The Kier molecular flexibility index (Phi) is 1.60. The average Bonchev–Trinajstić information content (AvgIpc) is 2.58. The highest BCUT2D eigenvalue weighted by molar-refractivity contribution is 5.99. The van der Waals surface area contributed by atoms with Gasteiger partial charge in [-0.25, -0.2) is 0 Å². The Hall–Kier alpha value is -1.31. The molecule has 2 rings (SSSR count). The van der Waals surface area contributed by atoms with E-state index in [1.807, 2.05) is 30.3 Å². The molecule has 1 aliphatic heterocycles. The predicted molar refractivity (Wildman–Crippen MR) is 44.8 cm³/mol. The molecule has 0 aromatic heterocycles. The van der Waals surface area contributed by atoms with Gasteiger partial charge in [0.15, 0.2) is 0 Å². The largest absolute Gasteiger partial charge is 0.265 e. The fraction of sp³-hybridized carbons (Fsp3) is 0.222. The second kappa shape index (κ2) is 2.74.